The Hall–Kier alpha value is -1.49. The Labute approximate surface area is 110 Å². The number of rotatable bonds is 2. The standard InChI is InChI=1S/C14H16F2N2O/c15-11-2-1-9(5-12(11)16)6-14(19)18-7-10-3-4-17-13(10)8-18/h1-2,5,10,13,17H,3-4,6-8H2/t10-,13+/m0/s1. The van der Waals surface area contributed by atoms with E-state index in [0.29, 0.717) is 17.5 Å². The maximum atomic E-state index is 13.1. The van der Waals surface area contributed by atoms with Crippen molar-refractivity contribution in [2.75, 3.05) is 19.6 Å². The number of amides is 1. The van der Waals surface area contributed by atoms with Crippen LogP contribution < -0.4 is 5.32 Å². The lowest BCUT2D eigenvalue weighted by Gasteiger charge is -2.17. The first-order valence-corrected chi connectivity index (χ1v) is 6.58. The maximum Gasteiger partial charge on any atom is 0.227 e. The minimum absolute atomic E-state index is 0.0118. The second kappa shape index (κ2) is 4.89. The number of hydrogen-bond donors (Lipinski definition) is 1. The maximum absolute atomic E-state index is 13.1. The van der Waals surface area contributed by atoms with Gasteiger partial charge in [-0.3, -0.25) is 4.79 Å². The van der Waals surface area contributed by atoms with Gasteiger partial charge in [-0.15, -0.1) is 0 Å². The molecule has 2 aliphatic heterocycles. The van der Waals surface area contributed by atoms with Gasteiger partial charge in [0.2, 0.25) is 5.91 Å². The quantitative estimate of drug-likeness (QED) is 0.876. The van der Waals surface area contributed by atoms with Crippen LogP contribution in [0.15, 0.2) is 18.2 Å². The van der Waals surface area contributed by atoms with E-state index in [4.69, 9.17) is 0 Å². The molecule has 102 valence electrons. The molecule has 2 aliphatic rings. The van der Waals surface area contributed by atoms with Crippen molar-refractivity contribution >= 4 is 5.91 Å². The van der Waals surface area contributed by atoms with Crippen molar-refractivity contribution in [2.45, 2.75) is 18.9 Å². The summed E-state index contributed by atoms with van der Waals surface area (Å²) in [5, 5.41) is 3.38. The Morgan fingerprint density at radius 2 is 2.16 bits per heavy atom. The summed E-state index contributed by atoms with van der Waals surface area (Å²) < 4.78 is 25.9. The van der Waals surface area contributed by atoms with Crippen LogP contribution in [-0.4, -0.2) is 36.5 Å². The first-order valence-electron chi connectivity index (χ1n) is 6.58. The third kappa shape index (κ3) is 2.47. The second-order valence-corrected chi connectivity index (χ2v) is 5.33. The molecule has 1 amide bonds. The smallest absolute Gasteiger partial charge is 0.227 e. The summed E-state index contributed by atoms with van der Waals surface area (Å²) in [6.07, 6.45) is 1.25. The van der Waals surface area contributed by atoms with Gasteiger partial charge in [0.15, 0.2) is 11.6 Å². The number of likely N-dealkylation sites (tertiary alicyclic amines) is 1. The van der Waals surface area contributed by atoms with Gasteiger partial charge in [0, 0.05) is 19.1 Å². The molecule has 1 aromatic rings. The molecule has 3 nitrogen and oxygen atoms in total. The van der Waals surface area contributed by atoms with Crippen LogP contribution in [0, 0.1) is 17.6 Å². The molecule has 2 heterocycles. The molecule has 0 radical (unpaired) electrons. The molecule has 2 fully saturated rings. The van der Waals surface area contributed by atoms with Crippen LogP contribution in [0.2, 0.25) is 0 Å². The van der Waals surface area contributed by atoms with Crippen molar-refractivity contribution in [3.8, 4) is 0 Å². The number of fused-ring (bicyclic) bond motifs is 1. The Balaban J connectivity index is 1.63. The zero-order valence-electron chi connectivity index (χ0n) is 10.5. The number of nitrogens with one attached hydrogen (secondary N) is 1. The van der Waals surface area contributed by atoms with E-state index in [0.717, 1.165) is 38.2 Å². The normalized spacial score (nSPS) is 25.7. The molecule has 0 spiro atoms. The summed E-state index contributed by atoms with van der Waals surface area (Å²) in [5.41, 5.74) is 0.522. The summed E-state index contributed by atoms with van der Waals surface area (Å²) in [7, 11) is 0. The van der Waals surface area contributed by atoms with Crippen molar-refractivity contribution < 1.29 is 13.6 Å². The van der Waals surface area contributed by atoms with Gasteiger partial charge in [-0.25, -0.2) is 8.78 Å². The molecular weight excluding hydrogens is 250 g/mol. The first-order chi connectivity index (χ1) is 9.13. The highest BCUT2D eigenvalue weighted by Gasteiger charge is 2.37. The molecule has 0 aliphatic carbocycles. The van der Waals surface area contributed by atoms with Crippen LogP contribution >= 0.6 is 0 Å². The van der Waals surface area contributed by atoms with Gasteiger partial charge in [-0.1, -0.05) is 6.07 Å². The summed E-state index contributed by atoms with van der Waals surface area (Å²) in [5.74, 6) is -1.24. The molecule has 1 N–H and O–H groups in total. The fraction of sp³-hybridized carbons (Fsp3) is 0.500. The minimum atomic E-state index is -0.898. The second-order valence-electron chi connectivity index (χ2n) is 5.33. The molecule has 1 aromatic carbocycles. The summed E-state index contributed by atoms with van der Waals surface area (Å²) in [4.78, 5) is 13.9. The van der Waals surface area contributed by atoms with E-state index in [-0.39, 0.29) is 12.3 Å². The summed E-state index contributed by atoms with van der Waals surface area (Å²) in [6, 6.07) is 4.04. The van der Waals surface area contributed by atoms with Gasteiger partial charge in [0.05, 0.1) is 6.42 Å². The van der Waals surface area contributed by atoms with Crippen LogP contribution in [0.5, 0.6) is 0 Å². The van der Waals surface area contributed by atoms with E-state index in [1.54, 1.807) is 0 Å². The molecule has 3 rings (SSSR count). The summed E-state index contributed by atoms with van der Waals surface area (Å²) in [6.45, 7) is 2.54. The Kier molecular flexibility index (Phi) is 3.22. The number of hydrogen-bond acceptors (Lipinski definition) is 2. The number of carbonyl (C=O) groups is 1. The van der Waals surface area contributed by atoms with Gasteiger partial charge in [0.25, 0.3) is 0 Å². The predicted octanol–water partition coefficient (Wildman–Crippen LogP) is 1.33. The fourth-order valence-electron chi connectivity index (χ4n) is 2.99. The van der Waals surface area contributed by atoms with Crippen LogP contribution in [-0.2, 0) is 11.2 Å². The topological polar surface area (TPSA) is 32.3 Å². The number of benzene rings is 1. The Morgan fingerprint density at radius 3 is 2.89 bits per heavy atom. The van der Waals surface area contributed by atoms with E-state index in [2.05, 4.69) is 5.32 Å². The van der Waals surface area contributed by atoms with Crippen molar-refractivity contribution in [1.29, 1.82) is 0 Å². The van der Waals surface area contributed by atoms with Crippen molar-refractivity contribution in [3.05, 3.63) is 35.4 Å². The summed E-state index contributed by atoms with van der Waals surface area (Å²) >= 11 is 0. The average molecular weight is 266 g/mol. The molecule has 5 heteroatoms. The van der Waals surface area contributed by atoms with Gasteiger partial charge in [-0.05, 0) is 36.6 Å². The van der Waals surface area contributed by atoms with E-state index in [1.807, 2.05) is 4.90 Å². The number of carbonyl (C=O) groups excluding carboxylic acids is 1. The van der Waals surface area contributed by atoms with Gasteiger partial charge in [-0.2, -0.15) is 0 Å². The van der Waals surface area contributed by atoms with Crippen LogP contribution in [0.3, 0.4) is 0 Å². The SMILES string of the molecule is O=C(Cc1ccc(F)c(F)c1)N1C[C@@H]2CCN[C@@H]2C1. The monoisotopic (exact) mass is 266 g/mol. The Morgan fingerprint density at radius 1 is 1.32 bits per heavy atom. The Bertz CT molecular complexity index is 494. The van der Waals surface area contributed by atoms with Crippen LogP contribution in [0.25, 0.3) is 0 Å². The van der Waals surface area contributed by atoms with E-state index in [1.165, 1.54) is 6.07 Å². The minimum Gasteiger partial charge on any atom is -0.340 e. The van der Waals surface area contributed by atoms with Gasteiger partial charge < -0.3 is 10.2 Å². The molecule has 2 atom stereocenters. The lowest BCUT2D eigenvalue weighted by Crippen LogP contribution is -2.34. The highest BCUT2D eigenvalue weighted by molar-refractivity contribution is 5.79. The third-order valence-corrected chi connectivity index (χ3v) is 4.05. The number of halogens is 2. The van der Waals surface area contributed by atoms with E-state index < -0.39 is 11.6 Å². The van der Waals surface area contributed by atoms with Gasteiger partial charge >= 0.3 is 0 Å². The average Bonchev–Trinajstić information content (AvgIpc) is 2.94. The molecule has 0 unspecified atom stereocenters. The van der Waals surface area contributed by atoms with Crippen LogP contribution in [0.1, 0.15) is 12.0 Å². The zero-order chi connectivity index (χ0) is 13.4. The van der Waals surface area contributed by atoms with E-state index in [9.17, 15) is 13.6 Å². The van der Waals surface area contributed by atoms with Crippen molar-refractivity contribution in [2.24, 2.45) is 5.92 Å². The molecule has 0 saturated carbocycles. The van der Waals surface area contributed by atoms with Crippen molar-refractivity contribution in [3.63, 3.8) is 0 Å². The molecule has 2 saturated heterocycles. The van der Waals surface area contributed by atoms with Crippen molar-refractivity contribution in [1.82, 2.24) is 10.2 Å². The lowest BCUT2D eigenvalue weighted by molar-refractivity contribution is -0.129. The highest BCUT2D eigenvalue weighted by Crippen LogP contribution is 2.25. The highest BCUT2D eigenvalue weighted by atomic mass is 19.2. The molecular formula is C14H16F2N2O. The largest absolute Gasteiger partial charge is 0.340 e. The third-order valence-electron chi connectivity index (χ3n) is 4.05. The van der Waals surface area contributed by atoms with E-state index >= 15 is 0 Å². The number of nitrogens with zero attached hydrogens (tertiary/aromatic N) is 1. The zero-order valence-corrected chi connectivity index (χ0v) is 10.5. The lowest BCUT2D eigenvalue weighted by atomic mass is 10.1. The fourth-order valence-corrected chi connectivity index (χ4v) is 2.99. The van der Waals surface area contributed by atoms with Gasteiger partial charge in [0.1, 0.15) is 0 Å². The van der Waals surface area contributed by atoms with Crippen LogP contribution in [0.4, 0.5) is 8.78 Å². The predicted molar refractivity (Wildman–Crippen MR) is 66.5 cm³/mol. The molecule has 19 heavy (non-hydrogen) atoms. The molecule has 0 bridgehead atoms. The molecule has 0 aromatic heterocycles. The first kappa shape index (κ1) is 12.5.